The van der Waals surface area contributed by atoms with Crippen LogP contribution in [-0.2, 0) is 0 Å². The first-order valence-electron chi connectivity index (χ1n) is 5.19. The molecule has 0 spiro atoms. The molecule has 0 saturated carbocycles. The van der Waals surface area contributed by atoms with E-state index in [-0.39, 0.29) is 22.8 Å². The Balaban J connectivity index is 2.25. The van der Waals surface area contributed by atoms with Gasteiger partial charge in [0.05, 0.1) is 0 Å². The number of aromatic hydroxyl groups is 3. The maximum Gasteiger partial charge on any atom is 0.263 e. The minimum Gasteiger partial charge on any atom is -0.508 e. The van der Waals surface area contributed by atoms with E-state index in [1.54, 1.807) is 0 Å². The first-order chi connectivity index (χ1) is 8.58. The summed E-state index contributed by atoms with van der Waals surface area (Å²) in [5.41, 5.74) is 0.256. The van der Waals surface area contributed by atoms with Crippen molar-refractivity contribution in [1.82, 2.24) is 0 Å². The Morgan fingerprint density at radius 1 is 0.889 bits per heavy atom. The lowest BCUT2D eigenvalue weighted by Crippen LogP contribution is -2.12. The van der Waals surface area contributed by atoms with E-state index < -0.39 is 5.91 Å². The molecule has 18 heavy (non-hydrogen) atoms. The topological polar surface area (TPSA) is 89.8 Å². The van der Waals surface area contributed by atoms with Crippen LogP contribution < -0.4 is 5.32 Å². The lowest BCUT2D eigenvalue weighted by Gasteiger charge is -2.08. The molecule has 0 fully saturated rings. The first kappa shape index (κ1) is 11.8. The highest BCUT2D eigenvalue weighted by Crippen LogP contribution is 2.27. The van der Waals surface area contributed by atoms with Crippen molar-refractivity contribution in [2.24, 2.45) is 0 Å². The molecule has 2 aromatic rings. The summed E-state index contributed by atoms with van der Waals surface area (Å²) in [5, 5.41) is 30.6. The van der Waals surface area contributed by atoms with Gasteiger partial charge in [0.2, 0.25) is 0 Å². The average molecular weight is 245 g/mol. The number of benzene rings is 2. The number of carbonyl (C=O) groups is 1. The van der Waals surface area contributed by atoms with Gasteiger partial charge in [-0.15, -0.1) is 0 Å². The van der Waals surface area contributed by atoms with Crippen molar-refractivity contribution in [3.63, 3.8) is 0 Å². The van der Waals surface area contributed by atoms with Crippen molar-refractivity contribution in [3.8, 4) is 17.2 Å². The fourth-order valence-electron chi connectivity index (χ4n) is 1.50. The Kier molecular flexibility index (Phi) is 3.05. The van der Waals surface area contributed by atoms with Gasteiger partial charge in [-0.1, -0.05) is 6.07 Å². The van der Waals surface area contributed by atoms with Crippen molar-refractivity contribution in [1.29, 1.82) is 0 Å². The normalized spacial score (nSPS) is 10.0. The van der Waals surface area contributed by atoms with Gasteiger partial charge in [-0.2, -0.15) is 0 Å². The minimum absolute atomic E-state index is 0.0819. The average Bonchev–Trinajstić information content (AvgIpc) is 2.32. The SMILES string of the molecule is O=C(Nc1ccc(O)cc1)c1c(O)cccc1O. The zero-order valence-corrected chi connectivity index (χ0v) is 9.29. The summed E-state index contributed by atoms with van der Waals surface area (Å²) < 4.78 is 0. The summed E-state index contributed by atoms with van der Waals surface area (Å²) in [6.07, 6.45) is 0. The molecular formula is C13H11NO4. The van der Waals surface area contributed by atoms with Crippen LogP contribution >= 0.6 is 0 Å². The highest BCUT2D eigenvalue weighted by Gasteiger charge is 2.15. The Morgan fingerprint density at radius 2 is 1.44 bits per heavy atom. The summed E-state index contributed by atoms with van der Waals surface area (Å²) in [4.78, 5) is 11.8. The smallest absolute Gasteiger partial charge is 0.263 e. The monoisotopic (exact) mass is 245 g/mol. The van der Waals surface area contributed by atoms with Crippen molar-refractivity contribution in [2.45, 2.75) is 0 Å². The van der Waals surface area contributed by atoms with E-state index in [2.05, 4.69) is 5.32 Å². The molecule has 92 valence electrons. The van der Waals surface area contributed by atoms with E-state index >= 15 is 0 Å². The van der Waals surface area contributed by atoms with Gasteiger partial charge >= 0.3 is 0 Å². The highest BCUT2D eigenvalue weighted by atomic mass is 16.3. The second-order valence-electron chi connectivity index (χ2n) is 3.67. The first-order valence-corrected chi connectivity index (χ1v) is 5.19. The molecule has 2 aromatic carbocycles. The van der Waals surface area contributed by atoms with Gasteiger partial charge in [0.25, 0.3) is 5.91 Å². The molecule has 0 radical (unpaired) electrons. The second kappa shape index (κ2) is 4.67. The molecular weight excluding hydrogens is 234 g/mol. The second-order valence-corrected chi connectivity index (χ2v) is 3.67. The van der Waals surface area contributed by atoms with E-state index in [1.807, 2.05) is 0 Å². The molecule has 0 aliphatic carbocycles. The highest BCUT2D eigenvalue weighted by molar-refractivity contribution is 6.08. The molecule has 0 bridgehead atoms. The van der Waals surface area contributed by atoms with Crippen LogP contribution in [0, 0.1) is 0 Å². The fourth-order valence-corrected chi connectivity index (χ4v) is 1.50. The largest absolute Gasteiger partial charge is 0.508 e. The van der Waals surface area contributed by atoms with E-state index in [1.165, 1.54) is 42.5 Å². The maximum absolute atomic E-state index is 11.8. The maximum atomic E-state index is 11.8. The molecule has 1 amide bonds. The van der Waals surface area contributed by atoms with Crippen LogP contribution in [0.25, 0.3) is 0 Å². The number of amides is 1. The quantitative estimate of drug-likeness (QED) is 0.609. The Hall–Kier alpha value is -2.69. The minimum atomic E-state index is -0.628. The number of phenolic OH excluding ortho intramolecular Hbond substituents is 3. The summed E-state index contributed by atoms with van der Waals surface area (Å²) in [5.74, 6) is -1.15. The van der Waals surface area contributed by atoms with Gasteiger partial charge in [-0.3, -0.25) is 4.79 Å². The van der Waals surface area contributed by atoms with E-state index in [0.717, 1.165) is 0 Å². The van der Waals surface area contributed by atoms with Crippen LogP contribution in [0.5, 0.6) is 17.2 Å². The summed E-state index contributed by atoms with van der Waals surface area (Å²) >= 11 is 0. The molecule has 0 aliphatic heterocycles. The molecule has 0 atom stereocenters. The van der Waals surface area contributed by atoms with Gasteiger partial charge in [0, 0.05) is 5.69 Å². The lowest BCUT2D eigenvalue weighted by molar-refractivity contribution is 0.102. The Morgan fingerprint density at radius 3 is 2.00 bits per heavy atom. The molecule has 0 aliphatic rings. The van der Waals surface area contributed by atoms with Gasteiger partial charge in [0.1, 0.15) is 22.8 Å². The number of hydrogen-bond donors (Lipinski definition) is 4. The van der Waals surface area contributed by atoms with Crippen LogP contribution in [-0.4, -0.2) is 21.2 Å². The fraction of sp³-hybridized carbons (Fsp3) is 0. The molecule has 2 rings (SSSR count). The van der Waals surface area contributed by atoms with Crippen LogP contribution in [0.15, 0.2) is 42.5 Å². The number of anilines is 1. The standard InChI is InChI=1S/C13H11NO4/c15-9-6-4-8(5-7-9)14-13(18)12-10(16)2-1-3-11(12)17/h1-7,15-17H,(H,14,18). The molecule has 0 heterocycles. The number of phenols is 3. The van der Waals surface area contributed by atoms with E-state index in [9.17, 15) is 15.0 Å². The molecule has 0 unspecified atom stereocenters. The molecule has 0 saturated heterocycles. The van der Waals surface area contributed by atoms with Crippen LogP contribution in [0.3, 0.4) is 0 Å². The third-order valence-corrected chi connectivity index (χ3v) is 2.37. The molecule has 4 N–H and O–H groups in total. The zero-order chi connectivity index (χ0) is 13.1. The van der Waals surface area contributed by atoms with Crippen molar-refractivity contribution in [2.75, 3.05) is 5.32 Å². The van der Waals surface area contributed by atoms with Gasteiger partial charge < -0.3 is 20.6 Å². The molecule has 5 nitrogen and oxygen atoms in total. The predicted molar refractivity (Wildman–Crippen MR) is 65.8 cm³/mol. The van der Waals surface area contributed by atoms with Crippen molar-refractivity contribution >= 4 is 11.6 Å². The third kappa shape index (κ3) is 2.35. The lowest BCUT2D eigenvalue weighted by atomic mass is 10.1. The third-order valence-electron chi connectivity index (χ3n) is 2.37. The zero-order valence-electron chi connectivity index (χ0n) is 9.29. The Labute approximate surface area is 103 Å². The van der Waals surface area contributed by atoms with Crippen LogP contribution in [0.1, 0.15) is 10.4 Å². The van der Waals surface area contributed by atoms with Gasteiger partial charge in [-0.25, -0.2) is 0 Å². The predicted octanol–water partition coefficient (Wildman–Crippen LogP) is 2.06. The summed E-state index contributed by atoms with van der Waals surface area (Å²) in [6, 6.07) is 9.90. The van der Waals surface area contributed by atoms with Gasteiger partial charge in [-0.05, 0) is 36.4 Å². The van der Waals surface area contributed by atoms with E-state index in [0.29, 0.717) is 5.69 Å². The summed E-state index contributed by atoms with van der Waals surface area (Å²) in [7, 11) is 0. The van der Waals surface area contributed by atoms with E-state index in [4.69, 9.17) is 5.11 Å². The Bertz CT molecular complexity index is 558. The number of nitrogens with one attached hydrogen (secondary N) is 1. The van der Waals surface area contributed by atoms with Crippen LogP contribution in [0.2, 0.25) is 0 Å². The number of carbonyl (C=O) groups excluding carboxylic acids is 1. The van der Waals surface area contributed by atoms with Crippen molar-refractivity contribution in [3.05, 3.63) is 48.0 Å². The van der Waals surface area contributed by atoms with Gasteiger partial charge in [0.15, 0.2) is 0 Å². The number of rotatable bonds is 2. The van der Waals surface area contributed by atoms with Crippen molar-refractivity contribution < 1.29 is 20.1 Å². The van der Waals surface area contributed by atoms with Crippen LogP contribution in [0.4, 0.5) is 5.69 Å². The summed E-state index contributed by atoms with van der Waals surface area (Å²) in [6.45, 7) is 0. The molecule has 0 aromatic heterocycles. The molecule has 5 heteroatoms. The number of hydrogen-bond acceptors (Lipinski definition) is 4.